The van der Waals surface area contributed by atoms with Crippen LogP contribution in [0.25, 0.3) is 0 Å². The number of aromatic nitrogens is 3. The molecule has 0 aromatic carbocycles. The van der Waals surface area contributed by atoms with E-state index in [0.717, 1.165) is 6.92 Å². The Kier molecular flexibility index (Phi) is 6.97. The Labute approximate surface area is 221 Å². The van der Waals surface area contributed by atoms with E-state index in [1.165, 1.54) is 23.4 Å². The maximum Gasteiger partial charge on any atom is 0.408 e. The van der Waals surface area contributed by atoms with Crippen LogP contribution in [0.5, 0.6) is 5.75 Å². The predicted molar refractivity (Wildman–Crippen MR) is 132 cm³/mol. The number of amides is 3. The molecule has 39 heavy (non-hydrogen) atoms. The first-order chi connectivity index (χ1) is 18.4. The molecular formula is C24H28F3N7O5. The van der Waals surface area contributed by atoms with Gasteiger partial charge in [0.15, 0.2) is 17.4 Å². The Balaban J connectivity index is 1.27. The average molecular weight is 552 g/mol. The highest BCUT2D eigenvalue weighted by Gasteiger charge is 2.41. The van der Waals surface area contributed by atoms with E-state index in [1.54, 1.807) is 6.07 Å². The highest BCUT2D eigenvalue weighted by atomic mass is 19.4. The van der Waals surface area contributed by atoms with Crippen LogP contribution in [0.15, 0.2) is 24.5 Å². The zero-order valence-corrected chi connectivity index (χ0v) is 21.5. The number of ether oxygens (including phenoxy) is 3. The first kappa shape index (κ1) is 26.9. The van der Waals surface area contributed by atoms with Crippen molar-refractivity contribution in [1.82, 2.24) is 20.3 Å². The minimum atomic E-state index is -4.60. The number of hydrogen-bond acceptors (Lipinski definition) is 9. The van der Waals surface area contributed by atoms with Crippen molar-refractivity contribution in [2.24, 2.45) is 0 Å². The molecule has 3 aliphatic heterocycles. The predicted octanol–water partition coefficient (Wildman–Crippen LogP) is 2.71. The van der Waals surface area contributed by atoms with Gasteiger partial charge in [0.05, 0.1) is 30.7 Å². The number of rotatable bonds is 6. The molecule has 2 saturated heterocycles. The van der Waals surface area contributed by atoms with E-state index in [9.17, 15) is 22.8 Å². The van der Waals surface area contributed by atoms with Crippen LogP contribution in [0.2, 0.25) is 0 Å². The molecule has 0 spiro atoms. The Morgan fingerprint density at radius 3 is 2.67 bits per heavy atom. The van der Waals surface area contributed by atoms with E-state index < -0.39 is 29.9 Å². The summed E-state index contributed by atoms with van der Waals surface area (Å²) in [5.41, 5.74) is 0.369. The topological polar surface area (TPSA) is 131 Å². The standard InChI is InChI=1S/C24H28F3N7O5/c1-13(24(25,26)27)30-20(35)17-4-5-18-19(31-17)34(14-6-7-33(18)10-14)22(36)32-21-28-8-15(9-29-21)37-11-16-12-38-23(2,3)39-16/h4-5,8-9,13-14,16H,6-7,10-12H2,1-3H3,(H,30,35)(H,28,29,32,36)/t13?,14-,16+/m0/s1. The van der Waals surface area contributed by atoms with Gasteiger partial charge in [-0.1, -0.05) is 0 Å². The van der Waals surface area contributed by atoms with Crippen LogP contribution >= 0.6 is 0 Å². The van der Waals surface area contributed by atoms with Crippen LogP contribution in [0, 0.1) is 0 Å². The third kappa shape index (κ3) is 5.83. The average Bonchev–Trinajstić information content (AvgIpc) is 3.45. The van der Waals surface area contributed by atoms with E-state index >= 15 is 0 Å². The third-order valence-electron chi connectivity index (χ3n) is 6.59. The van der Waals surface area contributed by atoms with Crippen LogP contribution < -0.4 is 25.2 Å². The largest absolute Gasteiger partial charge is 0.488 e. The summed E-state index contributed by atoms with van der Waals surface area (Å²) in [5, 5.41) is 4.52. The van der Waals surface area contributed by atoms with Gasteiger partial charge in [0.1, 0.15) is 24.4 Å². The first-order valence-electron chi connectivity index (χ1n) is 12.4. The lowest BCUT2D eigenvalue weighted by Gasteiger charge is -2.35. The van der Waals surface area contributed by atoms with Gasteiger partial charge in [0, 0.05) is 13.1 Å². The minimum Gasteiger partial charge on any atom is -0.488 e. The zero-order valence-electron chi connectivity index (χ0n) is 21.5. The summed E-state index contributed by atoms with van der Waals surface area (Å²) in [6.45, 7) is 6.33. The number of fused-ring (bicyclic) bond motifs is 4. The first-order valence-corrected chi connectivity index (χ1v) is 12.4. The van der Waals surface area contributed by atoms with Crippen LogP contribution in [0.3, 0.4) is 0 Å². The molecule has 5 heterocycles. The van der Waals surface area contributed by atoms with Crippen LogP contribution in [0.1, 0.15) is 37.7 Å². The summed E-state index contributed by atoms with van der Waals surface area (Å²) in [6, 6.07) is 0.0384. The van der Waals surface area contributed by atoms with Gasteiger partial charge >= 0.3 is 12.2 Å². The van der Waals surface area contributed by atoms with E-state index in [4.69, 9.17) is 14.2 Å². The second-order valence-electron chi connectivity index (χ2n) is 9.97. The highest BCUT2D eigenvalue weighted by Crippen LogP contribution is 2.39. The molecule has 3 atom stereocenters. The van der Waals surface area contributed by atoms with E-state index in [2.05, 4.69) is 20.3 Å². The van der Waals surface area contributed by atoms with Crippen LogP contribution in [0.4, 0.5) is 35.4 Å². The Bertz CT molecular complexity index is 1240. The van der Waals surface area contributed by atoms with Crippen molar-refractivity contribution in [3.05, 3.63) is 30.2 Å². The Morgan fingerprint density at radius 2 is 2.00 bits per heavy atom. The highest BCUT2D eigenvalue weighted by molar-refractivity contribution is 6.04. The number of pyridine rings is 1. The number of anilines is 3. The molecule has 2 fully saturated rings. The Morgan fingerprint density at radius 1 is 1.26 bits per heavy atom. The fourth-order valence-electron chi connectivity index (χ4n) is 4.60. The summed E-state index contributed by atoms with van der Waals surface area (Å²) >= 11 is 0. The SMILES string of the molecule is CC(NC(=O)c1ccc2c(n1)N(C(=O)Nc1ncc(OC[C@@H]3COC(C)(C)O3)cn1)[C@H]1CCN2C1)C(F)(F)F. The van der Waals surface area contributed by atoms with Crippen molar-refractivity contribution < 1.29 is 37.0 Å². The molecule has 5 rings (SSSR count). The third-order valence-corrected chi connectivity index (χ3v) is 6.59. The van der Waals surface area contributed by atoms with Gasteiger partial charge in [0.25, 0.3) is 5.91 Å². The summed E-state index contributed by atoms with van der Waals surface area (Å²) in [5.74, 6) is -1.09. The molecule has 2 bridgehead atoms. The molecule has 12 nitrogen and oxygen atoms in total. The Hall–Kier alpha value is -3.72. The zero-order chi connectivity index (χ0) is 27.9. The van der Waals surface area contributed by atoms with Crippen LogP contribution in [-0.4, -0.2) is 83.3 Å². The van der Waals surface area contributed by atoms with Crippen molar-refractivity contribution in [1.29, 1.82) is 0 Å². The van der Waals surface area contributed by atoms with Gasteiger partial charge in [-0.25, -0.2) is 19.7 Å². The number of hydrogen-bond donors (Lipinski definition) is 2. The molecule has 2 aromatic heterocycles. The van der Waals surface area contributed by atoms with Gasteiger partial charge in [-0.2, -0.15) is 13.2 Å². The monoisotopic (exact) mass is 551 g/mol. The molecule has 0 radical (unpaired) electrons. The summed E-state index contributed by atoms with van der Waals surface area (Å²) in [7, 11) is 0. The maximum absolute atomic E-state index is 13.3. The minimum absolute atomic E-state index is 0.0174. The van der Waals surface area contributed by atoms with Crippen molar-refractivity contribution in [2.45, 2.75) is 57.3 Å². The van der Waals surface area contributed by atoms with Gasteiger partial charge in [0.2, 0.25) is 5.95 Å². The van der Waals surface area contributed by atoms with Crippen molar-refractivity contribution in [2.75, 3.05) is 41.4 Å². The quantitative estimate of drug-likeness (QED) is 0.556. The van der Waals surface area contributed by atoms with Gasteiger partial charge in [-0.05, 0) is 39.3 Å². The molecule has 15 heteroatoms. The lowest BCUT2D eigenvalue weighted by molar-refractivity contribution is -0.149. The molecular weight excluding hydrogens is 523 g/mol. The number of carbonyl (C=O) groups excluding carboxylic acids is 2. The number of alkyl halides is 3. The molecule has 0 aliphatic carbocycles. The molecule has 1 unspecified atom stereocenters. The maximum atomic E-state index is 13.3. The number of urea groups is 1. The summed E-state index contributed by atoms with van der Waals surface area (Å²) in [4.78, 5) is 41.8. The normalized spacial score (nSPS) is 22.3. The smallest absolute Gasteiger partial charge is 0.408 e. The number of halogens is 3. The van der Waals surface area contributed by atoms with E-state index in [0.29, 0.717) is 37.6 Å². The molecule has 3 amide bonds. The number of nitrogens with zero attached hydrogens (tertiary/aromatic N) is 5. The summed E-state index contributed by atoms with van der Waals surface area (Å²) in [6.07, 6.45) is -1.37. The van der Waals surface area contributed by atoms with E-state index in [-0.39, 0.29) is 36.2 Å². The number of nitrogens with one attached hydrogen (secondary N) is 2. The fraction of sp³-hybridized carbons (Fsp3) is 0.542. The molecule has 3 aliphatic rings. The lowest BCUT2D eigenvalue weighted by atomic mass is 10.1. The van der Waals surface area contributed by atoms with Crippen molar-refractivity contribution in [3.63, 3.8) is 0 Å². The summed E-state index contributed by atoms with van der Waals surface area (Å²) < 4.78 is 55.6. The van der Waals surface area contributed by atoms with Crippen molar-refractivity contribution >= 4 is 29.4 Å². The lowest BCUT2D eigenvalue weighted by Crippen LogP contribution is -2.49. The molecule has 0 saturated carbocycles. The van der Waals surface area contributed by atoms with Crippen LogP contribution in [-0.2, 0) is 9.47 Å². The number of carbonyl (C=O) groups is 2. The second-order valence-corrected chi connectivity index (χ2v) is 9.97. The molecule has 2 aromatic rings. The van der Waals surface area contributed by atoms with E-state index in [1.807, 2.05) is 24.1 Å². The van der Waals surface area contributed by atoms with Gasteiger partial charge < -0.3 is 24.4 Å². The molecule has 2 N–H and O–H groups in total. The van der Waals surface area contributed by atoms with Gasteiger partial charge in [-0.15, -0.1) is 0 Å². The molecule has 210 valence electrons. The van der Waals surface area contributed by atoms with Gasteiger partial charge in [-0.3, -0.25) is 15.0 Å². The second kappa shape index (κ2) is 10.1. The van der Waals surface area contributed by atoms with Crippen molar-refractivity contribution in [3.8, 4) is 5.75 Å². The fourth-order valence-corrected chi connectivity index (χ4v) is 4.60.